The maximum absolute atomic E-state index is 5.60. The zero-order valence-corrected chi connectivity index (χ0v) is 9.88. The van der Waals surface area contributed by atoms with Crippen LogP contribution < -0.4 is 0 Å². The molecule has 0 aliphatic rings. The van der Waals surface area contributed by atoms with Crippen molar-refractivity contribution in [3.05, 3.63) is 35.1 Å². The summed E-state index contributed by atoms with van der Waals surface area (Å²) in [6.45, 7) is 4.12. The summed E-state index contributed by atoms with van der Waals surface area (Å²) in [4.78, 5) is 0. The maximum Gasteiger partial charge on any atom is 0.134 e. The van der Waals surface area contributed by atoms with Gasteiger partial charge in [-0.2, -0.15) is 0 Å². The number of hydrogen-bond acceptors (Lipinski definition) is 1. The van der Waals surface area contributed by atoms with Crippen LogP contribution >= 0.6 is 22.6 Å². The van der Waals surface area contributed by atoms with Gasteiger partial charge >= 0.3 is 0 Å². The number of rotatable bonds is 1. The Balaban J connectivity index is 2.75. The van der Waals surface area contributed by atoms with Gasteiger partial charge in [0.2, 0.25) is 0 Å². The van der Waals surface area contributed by atoms with Crippen LogP contribution in [0.4, 0.5) is 0 Å². The van der Waals surface area contributed by atoms with Gasteiger partial charge in [0.05, 0.1) is 0 Å². The van der Waals surface area contributed by atoms with E-state index in [-0.39, 0.29) is 0 Å². The van der Waals surface area contributed by atoms with Crippen molar-refractivity contribution < 1.29 is 4.42 Å². The Morgan fingerprint density at radius 1 is 1.31 bits per heavy atom. The second kappa shape index (κ2) is 3.33. The van der Waals surface area contributed by atoms with Gasteiger partial charge in [-0.05, 0) is 37.1 Å². The quantitative estimate of drug-likeness (QED) is 0.571. The molecule has 0 spiro atoms. The van der Waals surface area contributed by atoms with Gasteiger partial charge in [-0.3, -0.25) is 0 Å². The number of alkyl halides is 1. The first kappa shape index (κ1) is 9.06. The third-order valence-electron chi connectivity index (χ3n) is 2.39. The molecule has 68 valence electrons. The van der Waals surface area contributed by atoms with Crippen molar-refractivity contribution in [1.82, 2.24) is 0 Å². The smallest absolute Gasteiger partial charge is 0.134 e. The van der Waals surface area contributed by atoms with E-state index in [9.17, 15) is 0 Å². The van der Waals surface area contributed by atoms with Crippen LogP contribution in [0, 0.1) is 13.8 Å². The molecule has 1 nitrogen and oxygen atoms in total. The summed E-state index contributed by atoms with van der Waals surface area (Å²) in [6.07, 6.45) is 0. The Bertz CT molecular complexity index is 443. The summed E-state index contributed by atoms with van der Waals surface area (Å²) in [5.74, 6) is 1.03. The lowest BCUT2D eigenvalue weighted by atomic mass is 10.1. The number of hydrogen-bond donors (Lipinski definition) is 0. The van der Waals surface area contributed by atoms with E-state index >= 15 is 0 Å². The van der Waals surface area contributed by atoms with E-state index in [1.807, 2.05) is 6.92 Å². The molecule has 1 aromatic carbocycles. The van der Waals surface area contributed by atoms with Gasteiger partial charge in [0.1, 0.15) is 11.3 Å². The second-order valence-corrected chi connectivity index (χ2v) is 4.01. The highest BCUT2D eigenvalue weighted by atomic mass is 127. The normalized spacial score (nSPS) is 11.0. The Hall–Kier alpha value is -0.510. The Morgan fingerprint density at radius 3 is 2.77 bits per heavy atom. The number of halogens is 1. The summed E-state index contributed by atoms with van der Waals surface area (Å²) in [5, 5.41) is 1.26. The van der Waals surface area contributed by atoms with Gasteiger partial charge in [-0.15, -0.1) is 0 Å². The molecule has 0 bridgehead atoms. The number of benzene rings is 1. The van der Waals surface area contributed by atoms with Crippen molar-refractivity contribution in [3.63, 3.8) is 0 Å². The molecule has 1 heterocycles. The van der Waals surface area contributed by atoms with Crippen LogP contribution in [-0.4, -0.2) is 0 Å². The molecule has 0 saturated heterocycles. The van der Waals surface area contributed by atoms with E-state index in [0.29, 0.717) is 0 Å². The van der Waals surface area contributed by atoms with Crippen molar-refractivity contribution in [2.24, 2.45) is 0 Å². The molecule has 1 aromatic heterocycles. The van der Waals surface area contributed by atoms with Gasteiger partial charge in [-0.25, -0.2) is 0 Å². The lowest BCUT2D eigenvalue weighted by Gasteiger charge is -1.94. The molecule has 0 radical (unpaired) electrons. The Morgan fingerprint density at radius 2 is 2.08 bits per heavy atom. The van der Waals surface area contributed by atoms with Crippen molar-refractivity contribution >= 4 is 33.6 Å². The van der Waals surface area contributed by atoms with Crippen LogP contribution in [0.1, 0.15) is 16.9 Å². The van der Waals surface area contributed by atoms with Gasteiger partial charge in [0, 0.05) is 9.81 Å². The topological polar surface area (TPSA) is 13.1 Å². The SMILES string of the molecule is Cc1oc2ccc(CI)cc2c1C. The molecule has 0 saturated carbocycles. The molecule has 0 aliphatic heterocycles. The molecule has 0 unspecified atom stereocenters. The highest BCUT2D eigenvalue weighted by Crippen LogP contribution is 2.26. The second-order valence-electron chi connectivity index (χ2n) is 3.25. The molecule has 2 heteroatoms. The molecule has 13 heavy (non-hydrogen) atoms. The van der Waals surface area contributed by atoms with E-state index in [1.54, 1.807) is 0 Å². The first-order valence-corrected chi connectivity index (χ1v) is 5.79. The monoisotopic (exact) mass is 286 g/mol. The minimum absolute atomic E-state index is 1.00. The molecule has 2 rings (SSSR count). The van der Waals surface area contributed by atoms with Crippen molar-refractivity contribution in [2.75, 3.05) is 0 Å². The Labute approximate surface area is 91.3 Å². The number of fused-ring (bicyclic) bond motifs is 1. The zero-order chi connectivity index (χ0) is 9.42. The van der Waals surface area contributed by atoms with E-state index in [2.05, 4.69) is 47.7 Å². The van der Waals surface area contributed by atoms with Crippen molar-refractivity contribution in [2.45, 2.75) is 18.3 Å². The molecule has 0 aliphatic carbocycles. The van der Waals surface area contributed by atoms with Crippen LogP contribution in [0.15, 0.2) is 22.6 Å². The molecule has 0 fully saturated rings. The minimum Gasteiger partial charge on any atom is -0.461 e. The maximum atomic E-state index is 5.60. The predicted molar refractivity (Wildman–Crippen MR) is 63.4 cm³/mol. The highest BCUT2D eigenvalue weighted by Gasteiger charge is 2.06. The van der Waals surface area contributed by atoms with Crippen molar-refractivity contribution in [1.29, 1.82) is 0 Å². The molecular formula is C11H11IO. The third kappa shape index (κ3) is 1.47. The molecule has 0 atom stereocenters. The van der Waals surface area contributed by atoms with Gasteiger partial charge in [0.15, 0.2) is 0 Å². The first-order chi connectivity index (χ1) is 6.22. The van der Waals surface area contributed by atoms with Crippen LogP contribution in [0.2, 0.25) is 0 Å². The van der Waals surface area contributed by atoms with Gasteiger partial charge in [-0.1, -0.05) is 28.7 Å². The fourth-order valence-electron chi connectivity index (χ4n) is 1.47. The fraction of sp³-hybridized carbons (Fsp3) is 0.273. The van der Waals surface area contributed by atoms with Crippen molar-refractivity contribution in [3.8, 4) is 0 Å². The summed E-state index contributed by atoms with van der Waals surface area (Å²) >= 11 is 2.37. The summed E-state index contributed by atoms with van der Waals surface area (Å²) in [7, 11) is 0. The van der Waals surface area contributed by atoms with Gasteiger partial charge in [0.25, 0.3) is 0 Å². The van der Waals surface area contributed by atoms with E-state index in [1.165, 1.54) is 16.5 Å². The summed E-state index contributed by atoms with van der Waals surface area (Å²) in [5.41, 5.74) is 3.63. The largest absolute Gasteiger partial charge is 0.461 e. The van der Waals surface area contributed by atoms with Crippen LogP contribution in [0.5, 0.6) is 0 Å². The van der Waals surface area contributed by atoms with Crippen LogP contribution in [0.25, 0.3) is 11.0 Å². The predicted octanol–water partition coefficient (Wildman–Crippen LogP) is 3.98. The Kier molecular flexibility index (Phi) is 2.32. The molecular weight excluding hydrogens is 275 g/mol. The highest BCUT2D eigenvalue weighted by molar-refractivity contribution is 14.1. The average Bonchev–Trinajstić information content (AvgIpc) is 2.43. The minimum atomic E-state index is 1.00. The average molecular weight is 286 g/mol. The standard InChI is InChI=1S/C11H11IO/c1-7-8(2)13-11-4-3-9(6-12)5-10(7)11/h3-5H,6H2,1-2H3. The third-order valence-corrected chi connectivity index (χ3v) is 3.27. The van der Waals surface area contributed by atoms with E-state index < -0.39 is 0 Å². The molecule has 2 aromatic rings. The number of furan rings is 1. The fourth-order valence-corrected chi connectivity index (χ4v) is 1.95. The number of aryl methyl sites for hydroxylation is 2. The lowest BCUT2D eigenvalue weighted by molar-refractivity contribution is 0.575. The summed E-state index contributed by atoms with van der Waals surface area (Å²) < 4.78 is 6.65. The lowest BCUT2D eigenvalue weighted by Crippen LogP contribution is -1.76. The van der Waals surface area contributed by atoms with E-state index in [4.69, 9.17) is 4.42 Å². The zero-order valence-electron chi connectivity index (χ0n) is 7.73. The molecule has 0 N–H and O–H groups in total. The van der Waals surface area contributed by atoms with E-state index in [0.717, 1.165) is 15.8 Å². The van der Waals surface area contributed by atoms with Crippen LogP contribution in [-0.2, 0) is 4.43 Å². The first-order valence-electron chi connectivity index (χ1n) is 4.27. The summed E-state index contributed by atoms with van der Waals surface area (Å²) in [6, 6.07) is 6.40. The van der Waals surface area contributed by atoms with Gasteiger partial charge < -0.3 is 4.42 Å². The molecule has 0 amide bonds. The van der Waals surface area contributed by atoms with Crippen LogP contribution in [0.3, 0.4) is 0 Å².